The molecule has 1 aliphatic rings. The van der Waals surface area contributed by atoms with Crippen LogP contribution in [0.25, 0.3) is 0 Å². The second-order valence-corrected chi connectivity index (χ2v) is 4.82. The summed E-state index contributed by atoms with van der Waals surface area (Å²) in [4.78, 5) is 24.6. The van der Waals surface area contributed by atoms with Crippen molar-refractivity contribution in [2.45, 2.75) is 19.3 Å². The van der Waals surface area contributed by atoms with Crippen LogP contribution in [0.1, 0.15) is 18.4 Å². The van der Waals surface area contributed by atoms with Gasteiger partial charge in [-0.2, -0.15) is 0 Å². The van der Waals surface area contributed by atoms with Crippen molar-refractivity contribution in [3.05, 3.63) is 35.6 Å². The van der Waals surface area contributed by atoms with E-state index in [2.05, 4.69) is 0 Å². The zero-order valence-corrected chi connectivity index (χ0v) is 10.5. The van der Waals surface area contributed by atoms with Gasteiger partial charge in [0.2, 0.25) is 5.91 Å². The van der Waals surface area contributed by atoms with E-state index >= 15 is 0 Å². The topological polar surface area (TPSA) is 57.6 Å². The van der Waals surface area contributed by atoms with Crippen LogP contribution in [-0.2, 0) is 16.0 Å². The standard InChI is InChI=1S/C14H16FNO3/c15-12-5-3-10(4-6-12)8-13(17)16-7-1-2-11(9-16)14(18)19/h3-6,11H,1-2,7-9H2,(H,18,19)/t11-/m1/s1. The molecule has 1 amide bonds. The first-order valence-electron chi connectivity index (χ1n) is 6.31. The average Bonchev–Trinajstić information content (AvgIpc) is 2.41. The van der Waals surface area contributed by atoms with Gasteiger partial charge in [0.1, 0.15) is 5.82 Å². The van der Waals surface area contributed by atoms with Gasteiger partial charge < -0.3 is 10.0 Å². The number of aliphatic carboxylic acids is 1. The molecule has 1 fully saturated rings. The number of piperidine rings is 1. The van der Waals surface area contributed by atoms with E-state index in [4.69, 9.17) is 5.11 Å². The first kappa shape index (κ1) is 13.5. The van der Waals surface area contributed by atoms with E-state index in [1.165, 1.54) is 12.1 Å². The second-order valence-electron chi connectivity index (χ2n) is 4.82. The SMILES string of the molecule is O=C(O)[C@@H]1CCCN(C(=O)Cc2ccc(F)cc2)C1. The lowest BCUT2D eigenvalue weighted by molar-refractivity contribution is -0.145. The Morgan fingerprint density at radius 2 is 2.00 bits per heavy atom. The van der Waals surface area contributed by atoms with E-state index in [0.717, 1.165) is 5.56 Å². The molecule has 0 bridgehead atoms. The van der Waals surface area contributed by atoms with Crippen molar-refractivity contribution < 1.29 is 19.1 Å². The number of benzene rings is 1. The van der Waals surface area contributed by atoms with Gasteiger partial charge >= 0.3 is 5.97 Å². The maximum absolute atomic E-state index is 12.8. The number of carboxylic acid groups (broad SMARTS) is 1. The minimum absolute atomic E-state index is 0.0995. The number of hydrogen-bond donors (Lipinski definition) is 1. The molecule has 102 valence electrons. The van der Waals surface area contributed by atoms with Crippen molar-refractivity contribution in [2.24, 2.45) is 5.92 Å². The van der Waals surface area contributed by atoms with Gasteiger partial charge in [0.05, 0.1) is 12.3 Å². The molecule has 1 saturated heterocycles. The summed E-state index contributed by atoms with van der Waals surface area (Å²) < 4.78 is 12.8. The summed E-state index contributed by atoms with van der Waals surface area (Å²) >= 11 is 0. The molecule has 0 unspecified atom stereocenters. The molecular weight excluding hydrogens is 249 g/mol. The number of halogens is 1. The van der Waals surface area contributed by atoms with Crippen LogP contribution in [0.2, 0.25) is 0 Å². The Kier molecular flexibility index (Phi) is 4.14. The van der Waals surface area contributed by atoms with E-state index in [-0.39, 0.29) is 24.7 Å². The van der Waals surface area contributed by atoms with Crippen LogP contribution >= 0.6 is 0 Å². The van der Waals surface area contributed by atoms with Crippen molar-refractivity contribution in [3.8, 4) is 0 Å². The third-order valence-corrected chi connectivity index (χ3v) is 3.39. The third kappa shape index (κ3) is 3.53. The van der Waals surface area contributed by atoms with Crippen molar-refractivity contribution in [1.29, 1.82) is 0 Å². The number of carbonyl (C=O) groups excluding carboxylic acids is 1. The number of hydrogen-bond acceptors (Lipinski definition) is 2. The summed E-state index contributed by atoms with van der Waals surface area (Å²) in [6.45, 7) is 0.874. The molecule has 1 N–H and O–H groups in total. The molecule has 2 rings (SSSR count). The predicted molar refractivity (Wildman–Crippen MR) is 67.0 cm³/mol. The zero-order chi connectivity index (χ0) is 13.8. The molecule has 0 radical (unpaired) electrons. The van der Waals surface area contributed by atoms with Crippen LogP contribution in [0.3, 0.4) is 0 Å². The van der Waals surface area contributed by atoms with Gasteiger partial charge in [0.25, 0.3) is 0 Å². The minimum atomic E-state index is -0.848. The van der Waals surface area contributed by atoms with Crippen LogP contribution in [0.15, 0.2) is 24.3 Å². The van der Waals surface area contributed by atoms with E-state index in [1.54, 1.807) is 17.0 Å². The Balaban J connectivity index is 1.96. The Bertz CT molecular complexity index is 472. The van der Waals surface area contributed by atoms with Crippen LogP contribution in [-0.4, -0.2) is 35.0 Å². The lowest BCUT2D eigenvalue weighted by atomic mass is 9.97. The highest BCUT2D eigenvalue weighted by Gasteiger charge is 2.27. The maximum atomic E-state index is 12.8. The predicted octanol–water partition coefficient (Wildman–Crippen LogP) is 1.69. The smallest absolute Gasteiger partial charge is 0.308 e. The Labute approximate surface area is 110 Å². The molecule has 1 heterocycles. The molecule has 4 nitrogen and oxygen atoms in total. The first-order chi connectivity index (χ1) is 9.06. The summed E-state index contributed by atoms with van der Waals surface area (Å²) in [6, 6.07) is 5.79. The molecule has 0 saturated carbocycles. The van der Waals surface area contributed by atoms with E-state index < -0.39 is 11.9 Å². The lowest BCUT2D eigenvalue weighted by Crippen LogP contribution is -2.42. The van der Waals surface area contributed by atoms with Crippen molar-refractivity contribution in [2.75, 3.05) is 13.1 Å². The third-order valence-electron chi connectivity index (χ3n) is 3.39. The van der Waals surface area contributed by atoms with E-state index in [0.29, 0.717) is 19.4 Å². The largest absolute Gasteiger partial charge is 0.481 e. The number of carboxylic acids is 1. The molecule has 19 heavy (non-hydrogen) atoms. The fourth-order valence-corrected chi connectivity index (χ4v) is 2.29. The van der Waals surface area contributed by atoms with Gasteiger partial charge in [0, 0.05) is 13.1 Å². The number of rotatable bonds is 3. The first-order valence-corrected chi connectivity index (χ1v) is 6.31. The van der Waals surface area contributed by atoms with Crippen LogP contribution < -0.4 is 0 Å². The molecule has 1 aliphatic heterocycles. The molecular formula is C14H16FNO3. The Morgan fingerprint density at radius 1 is 1.32 bits per heavy atom. The molecule has 0 aliphatic carbocycles. The molecule has 1 aromatic carbocycles. The zero-order valence-electron chi connectivity index (χ0n) is 10.5. The molecule has 0 aromatic heterocycles. The van der Waals surface area contributed by atoms with Gasteiger partial charge in [-0.1, -0.05) is 12.1 Å². The van der Waals surface area contributed by atoms with E-state index in [1.807, 2.05) is 0 Å². The fraction of sp³-hybridized carbons (Fsp3) is 0.429. The van der Waals surface area contributed by atoms with Crippen LogP contribution in [0.4, 0.5) is 4.39 Å². The quantitative estimate of drug-likeness (QED) is 0.904. The summed E-state index contributed by atoms with van der Waals surface area (Å²) in [5.74, 6) is -1.75. The maximum Gasteiger partial charge on any atom is 0.308 e. The van der Waals surface area contributed by atoms with Crippen LogP contribution in [0, 0.1) is 11.7 Å². The Morgan fingerprint density at radius 3 is 2.63 bits per heavy atom. The fourth-order valence-electron chi connectivity index (χ4n) is 2.29. The summed E-state index contributed by atoms with van der Waals surface area (Å²) in [5.41, 5.74) is 0.740. The monoisotopic (exact) mass is 265 g/mol. The average molecular weight is 265 g/mol. The highest BCUT2D eigenvalue weighted by atomic mass is 19.1. The summed E-state index contributed by atoms with van der Waals surface area (Å²) in [5, 5.41) is 8.98. The van der Waals surface area contributed by atoms with Gasteiger partial charge in [-0.05, 0) is 30.5 Å². The van der Waals surface area contributed by atoms with E-state index in [9.17, 15) is 14.0 Å². The van der Waals surface area contributed by atoms with Crippen molar-refractivity contribution >= 4 is 11.9 Å². The highest BCUT2D eigenvalue weighted by molar-refractivity contribution is 5.80. The second kappa shape index (κ2) is 5.82. The highest BCUT2D eigenvalue weighted by Crippen LogP contribution is 2.17. The number of carbonyl (C=O) groups is 2. The number of amides is 1. The lowest BCUT2D eigenvalue weighted by Gasteiger charge is -2.30. The summed E-state index contributed by atoms with van der Waals surface area (Å²) in [7, 11) is 0. The Hall–Kier alpha value is -1.91. The normalized spacial score (nSPS) is 19.2. The van der Waals surface area contributed by atoms with Crippen LogP contribution in [0.5, 0.6) is 0 Å². The summed E-state index contributed by atoms with van der Waals surface area (Å²) in [6.07, 6.45) is 1.52. The minimum Gasteiger partial charge on any atom is -0.481 e. The molecule has 1 aromatic rings. The van der Waals surface area contributed by atoms with Crippen molar-refractivity contribution in [3.63, 3.8) is 0 Å². The number of nitrogens with zero attached hydrogens (tertiary/aromatic N) is 1. The molecule has 5 heteroatoms. The van der Waals surface area contributed by atoms with Gasteiger partial charge in [-0.15, -0.1) is 0 Å². The van der Waals surface area contributed by atoms with Gasteiger partial charge in [0.15, 0.2) is 0 Å². The van der Waals surface area contributed by atoms with Gasteiger partial charge in [-0.25, -0.2) is 4.39 Å². The number of likely N-dealkylation sites (tertiary alicyclic amines) is 1. The van der Waals surface area contributed by atoms with Gasteiger partial charge in [-0.3, -0.25) is 9.59 Å². The van der Waals surface area contributed by atoms with Crippen molar-refractivity contribution in [1.82, 2.24) is 4.90 Å². The molecule has 1 atom stereocenters. The molecule has 0 spiro atoms.